The summed E-state index contributed by atoms with van der Waals surface area (Å²) in [6.45, 7) is 6.63. The number of carbonyl (C=O) groups is 1. The number of carbonyl (C=O) groups excluding carboxylic acids is 1. The molecule has 7 nitrogen and oxygen atoms in total. The van der Waals surface area contributed by atoms with Gasteiger partial charge in [-0.1, -0.05) is 74.1 Å². The second-order valence-corrected chi connectivity index (χ2v) is 10.1. The molecule has 0 aliphatic rings. The summed E-state index contributed by atoms with van der Waals surface area (Å²) in [5.41, 5.74) is 4.20. The van der Waals surface area contributed by atoms with Crippen LogP contribution >= 0.6 is 11.8 Å². The van der Waals surface area contributed by atoms with Gasteiger partial charge in [0.15, 0.2) is 11.5 Å². The summed E-state index contributed by atoms with van der Waals surface area (Å²) in [5.74, 6) is 1.30. The van der Waals surface area contributed by atoms with Crippen molar-refractivity contribution in [3.05, 3.63) is 90.6 Å². The van der Waals surface area contributed by atoms with Crippen LogP contribution in [0.15, 0.2) is 90.0 Å². The second-order valence-electron chi connectivity index (χ2n) is 8.93. The summed E-state index contributed by atoms with van der Waals surface area (Å²) >= 11 is 1.46. The molecule has 5 aromatic rings. The molecule has 2 aromatic heterocycles. The van der Waals surface area contributed by atoms with Gasteiger partial charge in [-0.2, -0.15) is 5.10 Å². The fourth-order valence-electron chi connectivity index (χ4n) is 4.33. The first kappa shape index (κ1) is 26.4. The summed E-state index contributed by atoms with van der Waals surface area (Å²) < 4.78 is 7.40. The Labute approximate surface area is 232 Å². The molecular formula is C31H31N5O2S. The highest BCUT2D eigenvalue weighted by atomic mass is 32.2. The van der Waals surface area contributed by atoms with E-state index in [1.54, 1.807) is 0 Å². The maximum atomic E-state index is 13.4. The summed E-state index contributed by atoms with van der Waals surface area (Å²) in [6.07, 6.45) is 1.35. The Morgan fingerprint density at radius 1 is 0.923 bits per heavy atom. The van der Waals surface area contributed by atoms with Crippen LogP contribution in [0.5, 0.6) is 5.75 Å². The fourth-order valence-corrected chi connectivity index (χ4v) is 5.40. The van der Waals surface area contributed by atoms with E-state index in [-0.39, 0.29) is 11.2 Å². The third-order valence-electron chi connectivity index (χ3n) is 6.28. The predicted octanol–water partition coefficient (Wildman–Crippen LogP) is 6.95. The molecule has 5 rings (SSSR count). The Morgan fingerprint density at radius 3 is 2.26 bits per heavy atom. The van der Waals surface area contributed by atoms with Crippen LogP contribution in [0.2, 0.25) is 0 Å². The van der Waals surface area contributed by atoms with Crippen LogP contribution in [0.1, 0.15) is 32.9 Å². The number of benzene rings is 3. The van der Waals surface area contributed by atoms with E-state index in [2.05, 4.69) is 12.2 Å². The number of hydrogen-bond donors (Lipinski definition) is 1. The normalized spacial score (nSPS) is 11.9. The first-order valence-corrected chi connectivity index (χ1v) is 14.1. The Morgan fingerprint density at radius 2 is 1.62 bits per heavy atom. The number of ether oxygens (including phenoxy) is 1. The number of fused-ring (bicyclic) bond motifs is 1. The van der Waals surface area contributed by atoms with Crippen molar-refractivity contribution in [1.82, 2.24) is 19.7 Å². The lowest BCUT2D eigenvalue weighted by molar-refractivity contribution is -0.115. The van der Waals surface area contributed by atoms with E-state index < -0.39 is 0 Å². The van der Waals surface area contributed by atoms with Crippen LogP contribution in [0, 0.1) is 0 Å². The summed E-state index contributed by atoms with van der Waals surface area (Å²) in [7, 11) is 0. The minimum absolute atomic E-state index is 0.0758. The molecule has 0 bridgehead atoms. The molecule has 1 amide bonds. The first-order valence-electron chi connectivity index (χ1n) is 13.2. The lowest BCUT2D eigenvalue weighted by Crippen LogP contribution is -2.24. The van der Waals surface area contributed by atoms with Gasteiger partial charge in [0.05, 0.1) is 28.6 Å². The van der Waals surface area contributed by atoms with Gasteiger partial charge in [0.25, 0.3) is 0 Å². The van der Waals surface area contributed by atoms with E-state index in [0.717, 1.165) is 44.4 Å². The minimum Gasteiger partial charge on any atom is -0.494 e. The summed E-state index contributed by atoms with van der Waals surface area (Å²) in [6, 6.07) is 27.3. The van der Waals surface area contributed by atoms with Crippen LogP contribution in [0.3, 0.4) is 0 Å². The molecule has 0 radical (unpaired) electrons. The maximum Gasteiger partial charge on any atom is 0.237 e. The average Bonchev–Trinajstić information content (AvgIpc) is 3.37. The highest BCUT2D eigenvalue weighted by molar-refractivity contribution is 8.00. The highest BCUT2D eigenvalue weighted by Gasteiger charge is 2.25. The zero-order chi connectivity index (χ0) is 27.2. The molecule has 0 aliphatic carbocycles. The number of nitrogens with zero attached hydrogens (tertiary/aromatic N) is 4. The molecule has 8 heteroatoms. The second kappa shape index (κ2) is 12.1. The van der Waals surface area contributed by atoms with E-state index >= 15 is 0 Å². The number of rotatable bonds is 10. The van der Waals surface area contributed by atoms with E-state index in [4.69, 9.17) is 19.8 Å². The van der Waals surface area contributed by atoms with Crippen molar-refractivity contribution in [2.75, 3.05) is 11.9 Å². The average molecular weight is 538 g/mol. The zero-order valence-electron chi connectivity index (χ0n) is 22.3. The van der Waals surface area contributed by atoms with Crippen molar-refractivity contribution < 1.29 is 9.53 Å². The topological polar surface area (TPSA) is 81.9 Å². The lowest BCUT2D eigenvalue weighted by Gasteiger charge is -2.16. The summed E-state index contributed by atoms with van der Waals surface area (Å²) in [5, 5.41) is 9.27. The number of thioether (sulfide) groups is 1. The number of hydrogen-bond acceptors (Lipinski definition) is 6. The maximum absolute atomic E-state index is 13.4. The number of amides is 1. The van der Waals surface area contributed by atoms with Gasteiger partial charge in [-0.25, -0.2) is 14.6 Å². The molecule has 3 aromatic carbocycles. The van der Waals surface area contributed by atoms with E-state index in [9.17, 15) is 4.79 Å². The SMILES string of the molecule is CCOc1ccc(NC(=O)C(CC)Sc2nc(-c3ccccc3)nc3c2c(CC)nn3-c2ccccc2)cc1. The largest absolute Gasteiger partial charge is 0.494 e. The van der Waals surface area contributed by atoms with Gasteiger partial charge in [0, 0.05) is 11.3 Å². The molecular weight excluding hydrogens is 506 g/mol. The number of aromatic nitrogens is 4. The van der Waals surface area contributed by atoms with Gasteiger partial charge < -0.3 is 10.1 Å². The van der Waals surface area contributed by atoms with Crippen LogP contribution in [0.25, 0.3) is 28.1 Å². The highest BCUT2D eigenvalue weighted by Crippen LogP contribution is 2.35. The predicted molar refractivity (Wildman–Crippen MR) is 158 cm³/mol. The standard InChI is InChI=1S/C31H31N5O2S/c1-4-25-27-29(36(35-25)23-15-11-8-12-16-23)33-28(21-13-9-7-10-14-21)34-31(27)39-26(5-2)30(37)32-22-17-19-24(20-18-22)38-6-3/h7-20,26H,4-6H2,1-3H3,(H,32,37). The van der Waals surface area contributed by atoms with Gasteiger partial charge in [-0.05, 0) is 56.2 Å². The number of nitrogens with one attached hydrogen (secondary N) is 1. The fraction of sp³-hybridized carbons (Fsp3) is 0.226. The Hall–Kier alpha value is -4.17. The molecule has 1 atom stereocenters. The minimum atomic E-state index is -0.358. The van der Waals surface area contributed by atoms with Crippen LogP contribution < -0.4 is 10.1 Å². The quantitative estimate of drug-likeness (QED) is 0.153. The van der Waals surface area contributed by atoms with Crippen LogP contribution in [0.4, 0.5) is 5.69 Å². The molecule has 2 heterocycles. The first-order chi connectivity index (χ1) is 19.1. The van der Waals surface area contributed by atoms with Crippen LogP contribution in [-0.4, -0.2) is 37.5 Å². The van der Waals surface area contributed by atoms with Gasteiger partial charge in [-0.3, -0.25) is 4.79 Å². The summed E-state index contributed by atoms with van der Waals surface area (Å²) in [4.78, 5) is 23.4. The van der Waals surface area contributed by atoms with E-state index in [1.807, 2.05) is 103 Å². The molecule has 39 heavy (non-hydrogen) atoms. The molecule has 198 valence electrons. The Kier molecular flexibility index (Phi) is 8.22. The van der Waals surface area contributed by atoms with Gasteiger partial charge >= 0.3 is 0 Å². The van der Waals surface area contributed by atoms with Gasteiger partial charge in [0.1, 0.15) is 10.8 Å². The zero-order valence-corrected chi connectivity index (χ0v) is 23.1. The molecule has 0 fully saturated rings. The number of anilines is 1. The molecule has 1 unspecified atom stereocenters. The van der Waals surface area contributed by atoms with Gasteiger partial charge in [0.2, 0.25) is 5.91 Å². The number of para-hydroxylation sites is 1. The van der Waals surface area contributed by atoms with Crippen molar-refractivity contribution in [3.8, 4) is 22.8 Å². The van der Waals surface area contributed by atoms with Crippen LogP contribution in [-0.2, 0) is 11.2 Å². The van der Waals surface area contributed by atoms with E-state index in [1.165, 1.54) is 11.8 Å². The van der Waals surface area contributed by atoms with Crippen molar-refractivity contribution in [2.24, 2.45) is 0 Å². The van der Waals surface area contributed by atoms with Crippen molar-refractivity contribution >= 4 is 34.4 Å². The molecule has 0 saturated carbocycles. The molecule has 0 aliphatic heterocycles. The monoisotopic (exact) mass is 537 g/mol. The molecule has 1 N–H and O–H groups in total. The smallest absolute Gasteiger partial charge is 0.237 e. The van der Waals surface area contributed by atoms with Crippen molar-refractivity contribution in [2.45, 2.75) is 43.9 Å². The van der Waals surface area contributed by atoms with Gasteiger partial charge in [-0.15, -0.1) is 0 Å². The Balaban J connectivity index is 1.55. The third-order valence-corrected chi connectivity index (χ3v) is 7.63. The third kappa shape index (κ3) is 5.81. The molecule has 0 spiro atoms. The van der Waals surface area contributed by atoms with E-state index in [0.29, 0.717) is 25.3 Å². The molecule has 0 saturated heterocycles. The Bertz CT molecular complexity index is 1550. The van der Waals surface area contributed by atoms with Crippen molar-refractivity contribution in [3.63, 3.8) is 0 Å². The lowest BCUT2D eigenvalue weighted by atomic mass is 10.2. The van der Waals surface area contributed by atoms with Crippen molar-refractivity contribution in [1.29, 1.82) is 0 Å². The number of aryl methyl sites for hydroxylation is 1.